The van der Waals surface area contributed by atoms with Crippen molar-refractivity contribution in [2.75, 3.05) is 18.0 Å². The Morgan fingerprint density at radius 3 is 2.43 bits per heavy atom. The molecule has 0 aliphatic heterocycles. The van der Waals surface area contributed by atoms with Crippen molar-refractivity contribution in [2.24, 2.45) is 5.73 Å². The van der Waals surface area contributed by atoms with Gasteiger partial charge in [-0.25, -0.2) is 0 Å². The predicted octanol–water partition coefficient (Wildman–Crippen LogP) is 3.79. The van der Waals surface area contributed by atoms with E-state index in [1.807, 2.05) is 42.2 Å². The van der Waals surface area contributed by atoms with E-state index in [9.17, 15) is 4.79 Å². The summed E-state index contributed by atoms with van der Waals surface area (Å²) in [5.41, 5.74) is 10.5. The van der Waals surface area contributed by atoms with Crippen molar-refractivity contribution >= 4 is 11.6 Å². The lowest BCUT2D eigenvalue weighted by Crippen LogP contribution is -2.33. The van der Waals surface area contributed by atoms with Crippen molar-refractivity contribution in [1.82, 2.24) is 0 Å². The lowest BCUT2D eigenvalue weighted by molar-refractivity contribution is -0.118. The molecule has 122 valence electrons. The molecule has 2 N–H and O–H groups in total. The number of para-hydroxylation sites is 1. The Balaban J connectivity index is 2.20. The van der Waals surface area contributed by atoms with Crippen LogP contribution in [0.15, 0.2) is 48.5 Å². The number of amides is 1. The first-order valence-corrected chi connectivity index (χ1v) is 8.19. The topological polar surface area (TPSA) is 46.3 Å². The summed E-state index contributed by atoms with van der Waals surface area (Å²) in [6, 6.07) is 16.2. The van der Waals surface area contributed by atoms with Gasteiger partial charge in [0.2, 0.25) is 5.91 Å². The maximum atomic E-state index is 12.8. The van der Waals surface area contributed by atoms with Crippen molar-refractivity contribution in [3.8, 4) is 0 Å². The number of hydrogen-bond acceptors (Lipinski definition) is 2. The number of nitrogens with two attached hydrogens (primary N) is 1. The molecule has 2 aromatic rings. The van der Waals surface area contributed by atoms with Gasteiger partial charge in [-0.1, -0.05) is 42.0 Å². The van der Waals surface area contributed by atoms with Crippen molar-refractivity contribution in [2.45, 2.75) is 33.1 Å². The molecule has 0 aromatic heterocycles. The molecule has 0 saturated carbocycles. The Morgan fingerprint density at radius 2 is 1.83 bits per heavy atom. The molecule has 2 aromatic carbocycles. The standard InChI is InChI=1S/C20H26N2O/c1-4-22(18-8-6-5-7-9-18)20(23)13-17(14-21)19-12-15(2)10-11-16(19)3/h5-12,17H,4,13-14,21H2,1-3H3. The molecular formula is C20H26N2O. The second kappa shape index (κ2) is 7.93. The van der Waals surface area contributed by atoms with E-state index in [4.69, 9.17) is 5.73 Å². The summed E-state index contributed by atoms with van der Waals surface area (Å²) in [4.78, 5) is 14.6. The largest absolute Gasteiger partial charge is 0.330 e. The Labute approximate surface area is 139 Å². The Hall–Kier alpha value is -2.13. The van der Waals surface area contributed by atoms with Crippen LogP contribution in [0.25, 0.3) is 0 Å². The third-order valence-corrected chi connectivity index (χ3v) is 4.27. The van der Waals surface area contributed by atoms with E-state index in [1.54, 1.807) is 0 Å². The van der Waals surface area contributed by atoms with Gasteiger partial charge in [-0.05, 0) is 50.6 Å². The quantitative estimate of drug-likeness (QED) is 0.882. The maximum absolute atomic E-state index is 12.8. The molecular weight excluding hydrogens is 284 g/mol. The summed E-state index contributed by atoms with van der Waals surface area (Å²) in [5, 5.41) is 0. The van der Waals surface area contributed by atoms with Crippen LogP contribution in [-0.2, 0) is 4.79 Å². The maximum Gasteiger partial charge on any atom is 0.227 e. The van der Waals surface area contributed by atoms with Crippen molar-refractivity contribution < 1.29 is 4.79 Å². The number of rotatable bonds is 6. The van der Waals surface area contributed by atoms with Gasteiger partial charge in [-0.2, -0.15) is 0 Å². The van der Waals surface area contributed by atoms with Crippen LogP contribution in [0.4, 0.5) is 5.69 Å². The highest BCUT2D eigenvalue weighted by molar-refractivity contribution is 5.93. The average molecular weight is 310 g/mol. The van der Waals surface area contributed by atoms with Crippen LogP contribution in [0, 0.1) is 13.8 Å². The van der Waals surface area contributed by atoms with Crippen molar-refractivity contribution in [3.63, 3.8) is 0 Å². The monoisotopic (exact) mass is 310 g/mol. The number of nitrogens with zero attached hydrogens (tertiary/aromatic N) is 1. The zero-order valence-corrected chi connectivity index (χ0v) is 14.3. The fraction of sp³-hybridized carbons (Fsp3) is 0.350. The molecule has 0 radical (unpaired) electrons. The second-order valence-corrected chi connectivity index (χ2v) is 5.97. The lowest BCUT2D eigenvalue weighted by Gasteiger charge is -2.25. The first-order valence-electron chi connectivity index (χ1n) is 8.19. The number of hydrogen-bond donors (Lipinski definition) is 1. The number of aryl methyl sites for hydroxylation is 2. The minimum absolute atomic E-state index is 0.0557. The van der Waals surface area contributed by atoms with Crippen LogP contribution in [0.3, 0.4) is 0 Å². The zero-order chi connectivity index (χ0) is 16.8. The van der Waals surface area contributed by atoms with Crippen molar-refractivity contribution in [3.05, 3.63) is 65.2 Å². The van der Waals surface area contributed by atoms with Gasteiger partial charge >= 0.3 is 0 Å². The normalized spacial score (nSPS) is 12.0. The molecule has 0 heterocycles. The van der Waals surface area contributed by atoms with E-state index in [0.717, 1.165) is 5.69 Å². The van der Waals surface area contributed by atoms with E-state index in [1.165, 1.54) is 16.7 Å². The molecule has 0 spiro atoms. The predicted molar refractivity (Wildman–Crippen MR) is 96.8 cm³/mol. The summed E-state index contributed by atoms with van der Waals surface area (Å²) in [5.74, 6) is 0.176. The summed E-state index contributed by atoms with van der Waals surface area (Å²) in [6.07, 6.45) is 0.434. The minimum atomic E-state index is 0.0557. The number of benzene rings is 2. The molecule has 1 unspecified atom stereocenters. The smallest absolute Gasteiger partial charge is 0.227 e. The zero-order valence-electron chi connectivity index (χ0n) is 14.3. The van der Waals surface area contributed by atoms with E-state index >= 15 is 0 Å². The molecule has 2 rings (SSSR count). The van der Waals surface area contributed by atoms with Gasteiger partial charge in [0.25, 0.3) is 0 Å². The molecule has 0 fully saturated rings. The van der Waals surface area contributed by atoms with E-state index in [2.05, 4.69) is 32.0 Å². The number of carbonyl (C=O) groups excluding carboxylic acids is 1. The van der Waals surface area contributed by atoms with Crippen LogP contribution in [0.1, 0.15) is 36.0 Å². The van der Waals surface area contributed by atoms with Crippen LogP contribution in [0.2, 0.25) is 0 Å². The van der Waals surface area contributed by atoms with Gasteiger partial charge in [-0.3, -0.25) is 4.79 Å². The summed E-state index contributed by atoms with van der Waals surface area (Å²) in [7, 11) is 0. The molecule has 0 saturated heterocycles. The Bertz CT molecular complexity index is 652. The fourth-order valence-corrected chi connectivity index (χ4v) is 2.95. The molecule has 1 atom stereocenters. The average Bonchev–Trinajstić information content (AvgIpc) is 2.56. The summed E-state index contributed by atoms with van der Waals surface area (Å²) < 4.78 is 0. The summed E-state index contributed by atoms with van der Waals surface area (Å²) >= 11 is 0. The van der Waals surface area contributed by atoms with Gasteiger partial charge in [0, 0.05) is 24.6 Å². The molecule has 1 amide bonds. The summed E-state index contributed by atoms with van der Waals surface area (Å²) in [6.45, 7) is 7.28. The first kappa shape index (κ1) is 17.2. The highest BCUT2D eigenvalue weighted by Gasteiger charge is 2.21. The van der Waals surface area contributed by atoms with Crippen LogP contribution >= 0.6 is 0 Å². The SMILES string of the molecule is CCN(C(=O)CC(CN)c1cc(C)ccc1C)c1ccccc1. The molecule has 23 heavy (non-hydrogen) atoms. The van der Waals surface area contributed by atoms with Gasteiger partial charge in [0.15, 0.2) is 0 Å². The first-order chi connectivity index (χ1) is 11.1. The van der Waals surface area contributed by atoms with Crippen LogP contribution in [-0.4, -0.2) is 19.0 Å². The number of carbonyl (C=O) groups is 1. The van der Waals surface area contributed by atoms with Gasteiger partial charge < -0.3 is 10.6 Å². The van der Waals surface area contributed by atoms with Crippen LogP contribution in [0.5, 0.6) is 0 Å². The van der Waals surface area contributed by atoms with Gasteiger partial charge in [0.05, 0.1) is 0 Å². The molecule has 0 bridgehead atoms. The highest BCUT2D eigenvalue weighted by atomic mass is 16.2. The van der Waals surface area contributed by atoms with Crippen LogP contribution < -0.4 is 10.6 Å². The fourth-order valence-electron chi connectivity index (χ4n) is 2.95. The highest BCUT2D eigenvalue weighted by Crippen LogP contribution is 2.25. The number of anilines is 1. The molecule has 3 nitrogen and oxygen atoms in total. The van der Waals surface area contributed by atoms with Gasteiger partial charge in [-0.15, -0.1) is 0 Å². The van der Waals surface area contributed by atoms with E-state index in [-0.39, 0.29) is 11.8 Å². The van der Waals surface area contributed by atoms with Gasteiger partial charge in [0.1, 0.15) is 0 Å². The Morgan fingerprint density at radius 1 is 1.13 bits per heavy atom. The third-order valence-electron chi connectivity index (χ3n) is 4.27. The molecule has 0 aliphatic rings. The minimum Gasteiger partial charge on any atom is -0.330 e. The third kappa shape index (κ3) is 4.20. The van der Waals surface area contributed by atoms with E-state index in [0.29, 0.717) is 19.5 Å². The lowest BCUT2D eigenvalue weighted by atomic mass is 9.90. The molecule has 0 aliphatic carbocycles. The van der Waals surface area contributed by atoms with E-state index < -0.39 is 0 Å². The second-order valence-electron chi connectivity index (χ2n) is 5.97. The molecule has 3 heteroatoms. The Kier molecular flexibility index (Phi) is 5.94. The van der Waals surface area contributed by atoms with Crippen molar-refractivity contribution in [1.29, 1.82) is 0 Å².